The van der Waals surface area contributed by atoms with Crippen molar-refractivity contribution in [3.63, 3.8) is 0 Å². The van der Waals surface area contributed by atoms with Crippen molar-refractivity contribution in [2.45, 2.75) is 24.3 Å². The quantitative estimate of drug-likeness (QED) is 0.855. The highest BCUT2D eigenvalue weighted by Gasteiger charge is 2.23. The molecule has 1 aromatic heterocycles. The van der Waals surface area contributed by atoms with Crippen LogP contribution in [0.4, 0.5) is 11.6 Å². The van der Waals surface area contributed by atoms with E-state index in [2.05, 4.69) is 52.9 Å². The van der Waals surface area contributed by atoms with Gasteiger partial charge in [0, 0.05) is 30.6 Å². The van der Waals surface area contributed by atoms with E-state index in [4.69, 9.17) is 0 Å². The molecule has 1 saturated heterocycles. The molecule has 1 aromatic rings. The Hall–Kier alpha value is -0.900. The van der Waals surface area contributed by atoms with Crippen LogP contribution in [0, 0.1) is 0 Å². The van der Waals surface area contributed by atoms with E-state index in [1.807, 2.05) is 13.1 Å². The lowest BCUT2D eigenvalue weighted by Gasteiger charge is -2.35. The first-order valence-electron chi connectivity index (χ1n) is 5.74. The normalized spacial score (nSPS) is 25.6. The van der Waals surface area contributed by atoms with Crippen LogP contribution in [0.1, 0.15) is 13.8 Å². The molecular weight excluding hydrogens is 218 g/mol. The van der Waals surface area contributed by atoms with Gasteiger partial charge in [-0.15, -0.1) is 0 Å². The van der Waals surface area contributed by atoms with Crippen LogP contribution in [0.25, 0.3) is 0 Å². The van der Waals surface area contributed by atoms with Gasteiger partial charge in [0.05, 0.1) is 0 Å². The number of thioether (sulfide) groups is 1. The smallest absolute Gasteiger partial charge is 0.131 e. The van der Waals surface area contributed by atoms with Crippen molar-refractivity contribution in [2.24, 2.45) is 0 Å². The van der Waals surface area contributed by atoms with E-state index in [9.17, 15) is 0 Å². The molecule has 0 aromatic carbocycles. The minimum atomic E-state index is 0.684. The Balaban J connectivity index is 2.16. The Bertz CT molecular complexity index is 346. The SMILES string of the molecule is CNc1cccc(N2CC(C)SC(C)C2)n1. The summed E-state index contributed by atoms with van der Waals surface area (Å²) in [5, 5.41) is 4.45. The summed E-state index contributed by atoms with van der Waals surface area (Å²) in [6.45, 7) is 6.76. The van der Waals surface area contributed by atoms with Gasteiger partial charge in [-0.25, -0.2) is 4.98 Å². The van der Waals surface area contributed by atoms with E-state index in [1.165, 1.54) is 0 Å². The molecule has 2 unspecified atom stereocenters. The van der Waals surface area contributed by atoms with E-state index in [1.54, 1.807) is 0 Å². The third-order valence-corrected chi connectivity index (χ3v) is 3.96. The Morgan fingerprint density at radius 3 is 2.62 bits per heavy atom. The molecule has 1 aliphatic heterocycles. The van der Waals surface area contributed by atoms with Crippen molar-refractivity contribution >= 4 is 23.4 Å². The fourth-order valence-electron chi connectivity index (χ4n) is 2.10. The van der Waals surface area contributed by atoms with Crippen LogP contribution in [0.5, 0.6) is 0 Å². The standard InChI is InChI=1S/C12H19N3S/c1-9-7-15(8-10(2)16-9)12-6-4-5-11(13-3)14-12/h4-6,9-10H,7-8H2,1-3H3,(H,13,14). The molecule has 0 saturated carbocycles. The first-order chi connectivity index (χ1) is 7.69. The highest BCUT2D eigenvalue weighted by Crippen LogP contribution is 2.27. The van der Waals surface area contributed by atoms with Crippen molar-refractivity contribution in [3.05, 3.63) is 18.2 Å². The average Bonchev–Trinajstić information content (AvgIpc) is 2.28. The molecule has 88 valence electrons. The van der Waals surface area contributed by atoms with Gasteiger partial charge in [0.25, 0.3) is 0 Å². The summed E-state index contributed by atoms with van der Waals surface area (Å²) >= 11 is 2.06. The molecule has 2 rings (SSSR count). The van der Waals surface area contributed by atoms with Gasteiger partial charge in [-0.2, -0.15) is 11.8 Å². The lowest BCUT2D eigenvalue weighted by Crippen LogP contribution is -2.40. The zero-order valence-corrected chi connectivity index (χ0v) is 10.9. The van der Waals surface area contributed by atoms with Crippen molar-refractivity contribution in [1.29, 1.82) is 0 Å². The molecule has 4 heteroatoms. The van der Waals surface area contributed by atoms with E-state index < -0.39 is 0 Å². The molecule has 1 N–H and O–H groups in total. The van der Waals surface area contributed by atoms with Crippen LogP contribution < -0.4 is 10.2 Å². The summed E-state index contributed by atoms with van der Waals surface area (Å²) in [5.74, 6) is 2.03. The van der Waals surface area contributed by atoms with Crippen molar-refractivity contribution in [2.75, 3.05) is 30.4 Å². The second kappa shape index (κ2) is 4.95. The second-order valence-electron chi connectivity index (χ2n) is 4.29. The summed E-state index contributed by atoms with van der Waals surface area (Å²) < 4.78 is 0. The van der Waals surface area contributed by atoms with Crippen LogP contribution in [-0.2, 0) is 0 Å². The number of nitrogens with zero attached hydrogens (tertiary/aromatic N) is 2. The maximum absolute atomic E-state index is 4.59. The average molecular weight is 237 g/mol. The number of rotatable bonds is 2. The Morgan fingerprint density at radius 2 is 2.00 bits per heavy atom. The van der Waals surface area contributed by atoms with Gasteiger partial charge in [-0.3, -0.25) is 0 Å². The molecule has 0 radical (unpaired) electrons. The molecule has 0 amide bonds. The largest absolute Gasteiger partial charge is 0.373 e. The monoisotopic (exact) mass is 237 g/mol. The summed E-state index contributed by atoms with van der Waals surface area (Å²) in [7, 11) is 1.91. The summed E-state index contributed by atoms with van der Waals surface area (Å²) in [4.78, 5) is 6.97. The van der Waals surface area contributed by atoms with Crippen molar-refractivity contribution < 1.29 is 0 Å². The third-order valence-electron chi connectivity index (χ3n) is 2.73. The lowest BCUT2D eigenvalue weighted by molar-refractivity contribution is 0.719. The number of hydrogen-bond donors (Lipinski definition) is 1. The molecule has 3 nitrogen and oxygen atoms in total. The molecule has 16 heavy (non-hydrogen) atoms. The van der Waals surface area contributed by atoms with E-state index in [-0.39, 0.29) is 0 Å². The summed E-state index contributed by atoms with van der Waals surface area (Å²) in [6.07, 6.45) is 0. The Morgan fingerprint density at radius 1 is 1.31 bits per heavy atom. The number of anilines is 2. The van der Waals surface area contributed by atoms with Gasteiger partial charge >= 0.3 is 0 Å². The van der Waals surface area contributed by atoms with E-state index in [0.717, 1.165) is 24.7 Å². The second-order valence-corrected chi connectivity index (χ2v) is 6.17. The molecule has 0 spiro atoms. The van der Waals surface area contributed by atoms with Crippen LogP contribution in [-0.4, -0.2) is 35.6 Å². The zero-order chi connectivity index (χ0) is 11.5. The molecule has 2 atom stereocenters. The number of pyridine rings is 1. The highest BCUT2D eigenvalue weighted by molar-refractivity contribution is 8.00. The van der Waals surface area contributed by atoms with Crippen molar-refractivity contribution in [1.82, 2.24) is 4.98 Å². The predicted molar refractivity (Wildman–Crippen MR) is 72.5 cm³/mol. The minimum Gasteiger partial charge on any atom is -0.373 e. The minimum absolute atomic E-state index is 0.684. The molecule has 1 aliphatic rings. The summed E-state index contributed by atoms with van der Waals surface area (Å²) in [5.41, 5.74) is 0. The van der Waals surface area contributed by atoms with Gasteiger partial charge in [0.2, 0.25) is 0 Å². The number of nitrogens with one attached hydrogen (secondary N) is 1. The highest BCUT2D eigenvalue weighted by atomic mass is 32.2. The lowest BCUT2D eigenvalue weighted by atomic mass is 10.3. The van der Waals surface area contributed by atoms with Crippen LogP contribution in [0.2, 0.25) is 0 Å². The maximum Gasteiger partial charge on any atom is 0.131 e. The molecule has 2 heterocycles. The number of aromatic nitrogens is 1. The molecule has 1 fully saturated rings. The van der Waals surface area contributed by atoms with Gasteiger partial charge in [-0.05, 0) is 12.1 Å². The van der Waals surface area contributed by atoms with E-state index in [0.29, 0.717) is 10.5 Å². The number of hydrogen-bond acceptors (Lipinski definition) is 4. The zero-order valence-electron chi connectivity index (χ0n) is 10.1. The van der Waals surface area contributed by atoms with Gasteiger partial charge in [-0.1, -0.05) is 19.9 Å². The predicted octanol–water partition coefficient (Wildman–Crippen LogP) is 2.45. The summed E-state index contributed by atoms with van der Waals surface area (Å²) in [6, 6.07) is 6.15. The topological polar surface area (TPSA) is 28.2 Å². The van der Waals surface area contributed by atoms with Gasteiger partial charge in [0.15, 0.2) is 0 Å². The molecule has 0 bridgehead atoms. The van der Waals surface area contributed by atoms with Crippen molar-refractivity contribution in [3.8, 4) is 0 Å². The Labute approximate surface area is 102 Å². The Kier molecular flexibility index (Phi) is 3.59. The van der Waals surface area contributed by atoms with E-state index >= 15 is 0 Å². The maximum atomic E-state index is 4.59. The first-order valence-corrected chi connectivity index (χ1v) is 6.68. The molecule has 0 aliphatic carbocycles. The van der Waals surface area contributed by atoms with Crippen LogP contribution in [0.15, 0.2) is 18.2 Å². The first kappa shape index (κ1) is 11.6. The van der Waals surface area contributed by atoms with Gasteiger partial charge < -0.3 is 10.2 Å². The molecular formula is C12H19N3S. The van der Waals surface area contributed by atoms with Gasteiger partial charge in [0.1, 0.15) is 11.6 Å². The van der Waals surface area contributed by atoms with Crippen LogP contribution in [0.3, 0.4) is 0 Å². The van der Waals surface area contributed by atoms with Crippen LogP contribution >= 0.6 is 11.8 Å². The fraction of sp³-hybridized carbons (Fsp3) is 0.583. The third kappa shape index (κ3) is 2.61. The fourth-order valence-corrected chi connectivity index (χ4v) is 3.43.